The average molecular weight is 307 g/mol. The minimum atomic E-state index is -3.42. The summed E-state index contributed by atoms with van der Waals surface area (Å²) in [6.45, 7) is 0. The summed E-state index contributed by atoms with van der Waals surface area (Å²) in [5.74, 6) is 0. The Morgan fingerprint density at radius 2 is 1.95 bits per heavy atom. The zero-order valence-electron chi connectivity index (χ0n) is 10.7. The molecule has 3 aromatic rings. The molecule has 1 unspecified atom stereocenters. The van der Waals surface area contributed by atoms with Gasteiger partial charge in [0.15, 0.2) is 6.10 Å². The molecule has 0 amide bonds. The van der Waals surface area contributed by atoms with Gasteiger partial charge in [0.1, 0.15) is 10.7 Å². The Balaban J connectivity index is 1.91. The first-order valence-electron chi connectivity index (χ1n) is 6.16. The number of thioether (sulfide) groups is 1. The molecular weight excluding hydrogens is 296 g/mol. The van der Waals surface area contributed by atoms with Crippen molar-refractivity contribution in [3.8, 4) is 0 Å². The van der Waals surface area contributed by atoms with Crippen LogP contribution in [0.5, 0.6) is 0 Å². The highest BCUT2D eigenvalue weighted by atomic mass is 32.2. The molecule has 1 atom stereocenters. The lowest BCUT2D eigenvalue weighted by Crippen LogP contribution is -2.23. The van der Waals surface area contributed by atoms with Crippen LogP contribution in [-0.2, 0) is 0 Å². The number of hydrogen-bond donors (Lipinski definition) is 1. The van der Waals surface area contributed by atoms with E-state index in [9.17, 15) is 13.9 Å². The molecule has 0 aliphatic carbocycles. The summed E-state index contributed by atoms with van der Waals surface area (Å²) in [5.41, 5.74) is 0.546. The highest BCUT2D eigenvalue weighted by Gasteiger charge is 2.42. The summed E-state index contributed by atoms with van der Waals surface area (Å²) in [7, 11) is 0. The number of fused-ring (bicyclic) bond motifs is 1. The molecule has 3 heterocycles. The zero-order chi connectivity index (χ0) is 14.9. The molecule has 0 spiro atoms. The van der Waals surface area contributed by atoms with E-state index in [4.69, 9.17) is 0 Å². The van der Waals surface area contributed by atoms with E-state index < -0.39 is 11.4 Å². The van der Waals surface area contributed by atoms with E-state index in [1.807, 2.05) is 0 Å². The maximum Gasteiger partial charge on any atom is 0.330 e. The van der Waals surface area contributed by atoms with Crippen LogP contribution >= 0.6 is 11.8 Å². The molecule has 7 heteroatoms. The number of aliphatic hydroxyl groups excluding tert-OH is 1. The highest BCUT2D eigenvalue weighted by Crippen LogP contribution is 2.44. The number of alkyl halides is 2. The van der Waals surface area contributed by atoms with Crippen LogP contribution in [-0.4, -0.2) is 24.7 Å². The largest absolute Gasteiger partial charge is 0.380 e. The van der Waals surface area contributed by atoms with E-state index in [-0.39, 0.29) is 22.5 Å². The second kappa shape index (κ2) is 5.42. The Morgan fingerprint density at radius 1 is 1.14 bits per heavy atom. The standard InChI is InChI=1S/C14H11F2N3OS/c15-14(16,21-12-6-1-3-7-17-12)13(20)10-9-18-11-5-2-4-8-19(10)11/h1-9,13,20H. The number of rotatable bonds is 4. The number of halogens is 2. The lowest BCUT2D eigenvalue weighted by Gasteiger charge is -2.21. The Hall–Kier alpha value is -1.99. The van der Waals surface area contributed by atoms with E-state index in [0.29, 0.717) is 5.65 Å². The SMILES string of the molecule is OC(c1cnc2ccccn12)C(F)(F)Sc1ccccn1. The van der Waals surface area contributed by atoms with Crippen molar-refractivity contribution in [1.82, 2.24) is 14.4 Å². The van der Waals surface area contributed by atoms with Crippen molar-refractivity contribution in [2.24, 2.45) is 0 Å². The normalized spacial score (nSPS) is 13.5. The van der Waals surface area contributed by atoms with E-state index in [1.165, 1.54) is 22.9 Å². The van der Waals surface area contributed by atoms with Crippen molar-refractivity contribution in [2.75, 3.05) is 0 Å². The molecule has 0 aromatic carbocycles. The molecule has 0 aliphatic heterocycles. The van der Waals surface area contributed by atoms with E-state index in [2.05, 4.69) is 9.97 Å². The molecule has 0 radical (unpaired) electrons. The molecule has 4 nitrogen and oxygen atoms in total. The van der Waals surface area contributed by atoms with Crippen LogP contribution < -0.4 is 0 Å². The van der Waals surface area contributed by atoms with Crippen LogP contribution in [0.4, 0.5) is 8.78 Å². The number of aromatic nitrogens is 3. The van der Waals surface area contributed by atoms with Crippen LogP contribution in [0, 0.1) is 0 Å². The topological polar surface area (TPSA) is 50.4 Å². The predicted molar refractivity (Wildman–Crippen MR) is 75.2 cm³/mol. The van der Waals surface area contributed by atoms with Crippen molar-refractivity contribution >= 4 is 17.4 Å². The molecule has 0 saturated carbocycles. The molecule has 21 heavy (non-hydrogen) atoms. The van der Waals surface area contributed by atoms with Gasteiger partial charge < -0.3 is 9.51 Å². The van der Waals surface area contributed by atoms with Crippen molar-refractivity contribution < 1.29 is 13.9 Å². The summed E-state index contributed by atoms with van der Waals surface area (Å²) in [6.07, 6.45) is 2.29. The minimum absolute atomic E-state index is 0.0408. The van der Waals surface area contributed by atoms with Crippen molar-refractivity contribution in [2.45, 2.75) is 16.4 Å². The smallest absolute Gasteiger partial charge is 0.330 e. The second-order valence-electron chi connectivity index (χ2n) is 4.35. The number of hydrogen-bond acceptors (Lipinski definition) is 4. The maximum absolute atomic E-state index is 14.2. The first-order chi connectivity index (χ1) is 10.1. The lowest BCUT2D eigenvalue weighted by atomic mass is 10.3. The molecule has 0 fully saturated rings. The molecule has 0 saturated heterocycles. The Morgan fingerprint density at radius 3 is 2.71 bits per heavy atom. The number of imidazole rings is 1. The molecule has 0 bridgehead atoms. The average Bonchev–Trinajstić information content (AvgIpc) is 2.91. The van der Waals surface area contributed by atoms with Gasteiger partial charge in [-0.25, -0.2) is 9.97 Å². The van der Waals surface area contributed by atoms with Gasteiger partial charge in [0.05, 0.1) is 11.9 Å². The third kappa shape index (κ3) is 2.74. The number of nitrogens with zero attached hydrogens (tertiary/aromatic N) is 3. The summed E-state index contributed by atoms with van der Waals surface area (Å²) in [5, 5.41) is 6.77. The third-order valence-corrected chi connectivity index (χ3v) is 3.87. The van der Waals surface area contributed by atoms with Gasteiger partial charge in [-0.1, -0.05) is 12.1 Å². The van der Waals surface area contributed by atoms with Gasteiger partial charge in [0.2, 0.25) is 0 Å². The molecule has 0 aliphatic rings. The van der Waals surface area contributed by atoms with E-state index >= 15 is 0 Å². The number of pyridine rings is 2. The Bertz CT molecular complexity index is 748. The fourth-order valence-corrected chi connectivity index (χ4v) is 2.70. The fraction of sp³-hybridized carbons (Fsp3) is 0.143. The fourth-order valence-electron chi connectivity index (χ4n) is 1.93. The van der Waals surface area contributed by atoms with Crippen LogP contribution in [0.2, 0.25) is 0 Å². The van der Waals surface area contributed by atoms with Gasteiger partial charge in [0, 0.05) is 12.4 Å². The molecular formula is C14H11F2N3OS. The zero-order valence-corrected chi connectivity index (χ0v) is 11.5. The Kier molecular flexibility index (Phi) is 3.60. The quantitative estimate of drug-likeness (QED) is 0.752. The third-order valence-electron chi connectivity index (χ3n) is 2.92. The van der Waals surface area contributed by atoms with Crippen molar-refractivity contribution in [1.29, 1.82) is 0 Å². The maximum atomic E-state index is 14.2. The van der Waals surface area contributed by atoms with Crippen molar-refractivity contribution in [3.63, 3.8) is 0 Å². The van der Waals surface area contributed by atoms with Gasteiger partial charge in [-0.3, -0.25) is 0 Å². The molecule has 1 N–H and O–H groups in total. The van der Waals surface area contributed by atoms with E-state index in [1.54, 1.807) is 36.5 Å². The van der Waals surface area contributed by atoms with Gasteiger partial charge in [-0.2, -0.15) is 8.78 Å². The molecule has 3 rings (SSSR count). The van der Waals surface area contributed by atoms with Gasteiger partial charge in [-0.15, -0.1) is 0 Å². The van der Waals surface area contributed by atoms with Crippen LogP contribution in [0.15, 0.2) is 60.0 Å². The van der Waals surface area contributed by atoms with Gasteiger partial charge >= 0.3 is 5.25 Å². The van der Waals surface area contributed by atoms with Crippen LogP contribution in [0.1, 0.15) is 11.8 Å². The number of aliphatic hydroxyl groups is 1. The summed E-state index contributed by atoms with van der Waals surface area (Å²) in [4.78, 5) is 7.84. The summed E-state index contributed by atoms with van der Waals surface area (Å²) >= 11 is 0.225. The summed E-state index contributed by atoms with van der Waals surface area (Å²) in [6, 6.07) is 9.85. The molecule has 108 valence electrons. The highest BCUT2D eigenvalue weighted by molar-refractivity contribution is 8.00. The monoisotopic (exact) mass is 307 g/mol. The first kappa shape index (κ1) is 14.0. The predicted octanol–water partition coefficient (Wildman–Crippen LogP) is 3.15. The second-order valence-corrected chi connectivity index (χ2v) is 5.51. The van der Waals surface area contributed by atoms with Crippen LogP contribution in [0.3, 0.4) is 0 Å². The van der Waals surface area contributed by atoms with Crippen molar-refractivity contribution in [3.05, 3.63) is 60.7 Å². The van der Waals surface area contributed by atoms with Gasteiger partial charge in [0.25, 0.3) is 0 Å². The van der Waals surface area contributed by atoms with Crippen LogP contribution in [0.25, 0.3) is 5.65 Å². The summed E-state index contributed by atoms with van der Waals surface area (Å²) < 4.78 is 29.9. The lowest BCUT2D eigenvalue weighted by molar-refractivity contribution is -0.0382. The van der Waals surface area contributed by atoms with E-state index in [0.717, 1.165) is 0 Å². The Labute approximate surface area is 123 Å². The minimum Gasteiger partial charge on any atom is -0.380 e. The molecule has 3 aromatic heterocycles. The van der Waals surface area contributed by atoms with Gasteiger partial charge in [-0.05, 0) is 36.0 Å². The first-order valence-corrected chi connectivity index (χ1v) is 6.97.